The number of aliphatic carboxylic acids is 1. The van der Waals surface area contributed by atoms with Crippen LogP contribution in [0, 0.1) is 5.92 Å². The average Bonchev–Trinajstić information content (AvgIpc) is 2.12. The highest BCUT2D eigenvalue weighted by Gasteiger charge is 2.30. The van der Waals surface area contributed by atoms with Gasteiger partial charge in [-0.25, -0.2) is 4.79 Å². The van der Waals surface area contributed by atoms with Crippen molar-refractivity contribution in [3.05, 3.63) is 0 Å². The Kier molecular flexibility index (Phi) is 5.20. The lowest BCUT2D eigenvalue weighted by Gasteiger charge is -2.29. The summed E-state index contributed by atoms with van der Waals surface area (Å²) in [5, 5.41) is 9.03. The van der Waals surface area contributed by atoms with Crippen molar-refractivity contribution in [1.82, 2.24) is 4.90 Å². The van der Waals surface area contributed by atoms with Crippen LogP contribution in [0.2, 0.25) is 0 Å². The summed E-state index contributed by atoms with van der Waals surface area (Å²) < 4.78 is 0. The molecule has 4 heteroatoms. The smallest absolute Gasteiger partial charge is 0.326 e. The molecular weight excluding hydrogens is 182 g/mol. The van der Waals surface area contributed by atoms with Gasteiger partial charge in [0.05, 0.1) is 0 Å². The normalized spacial score (nSPS) is 12.6. The first kappa shape index (κ1) is 12.9. The van der Waals surface area contributed by atoms with E-state index in [1.54, 1.807) is 7.05 Å². The number of carboxylic acid groups (broad SMARTS) is 1. The van der Waals surface area contributed by atoms with E-state index >= 15 is 0 Å². The average molecular weight is 201 g/mol. The van der Waals surface area contributed by atoms with Gasteiger partial charge in [0.25, 0.3) is 0 Å². The molecule has 0 aromatic carbocycles. The van der Waals surface area contributed by atoms with Gasteiger partial charge in [0, 0.05) is 14.0 Å². The first-order chi connectivity index (χ1) is 6.45. The van der Waals surface area contributed by atoms with E-state index in [0.717, 1.165) is 12.8 Å². The van der Waals surface area contributed by atoms with Crippen LogP contribution in [0.4, 0.5) is 0 Å². The molecule has 0 fully saturated rings. The first-order valence-electron chi connectivity index (χ1n) is 4.91. The SMILES string of the molecule is CCC(CC)C(C(=O)O)N(C)C(C)=O. The van der Waals surface area contributed by atoms with Crippen LogP contribution in [0.5, 0.6) is 0 Å². The maximum Gasteiger partial charge on any atom is 0.326 e. The molecule has 0 spiro atoms. The number of rotatable bonds is 5. The molecule has 0 aromatic heterocycles. The number of carbonyl (C=O) groups is 2. The lowest BCUT2D eigenvalue weighted by atomic mass is 9.93. The molecule has 0 aliphatic heterocycles. The number of amides is 1. The topological polar surface area (TPSA) is 57.6 Å². The van der Waals surface area contributed by atoms with Crippen molar-refractivity contribution in [2.75, 3.05) is 7.05 Å². The molecule has 0 bridgehead atoms. The van der Waals surface area contributed by atoms with Gasteiger partial charge in [-0.05, 0) is 5.92 Å². The van der Waals surface area contributed by atoms with Crippen LogP contribution in [-0.4, -0.2) is 35.0 Å². The van der Waals surface area contributed by atoms with Crippen LogP contribution in [0.3, 0.4) is 0 Å². The van der Waals surface area contributed by atoms with Crippen molar-refractivity contribution in [2.24, 2.45) is 5.92 Å². The molecule has 1 N–H and O–H groups in total. The molecule has 0 heterocycles. The minimum absolute atomic E-state index is 0.0291. The Bertz CT molecular complexity index is 211. The second-order valence-electron chi connectivity index (χ2n) is 3.49. The number of carboxylic acids is 1. The number of nitrogens with zero attached hydrogens (tertiary/aromatic N) is 1. The Balaban J connectivity index is 4.74. The number of hydrogen-bond acceptors (Lipinski definition) is 2. The Labute approximate surface area is 84.9 Å². The molecular formula is C10H19NO3. The van der Waals surface area contributed by atoms with Gasteiger partial charge in [-0.2, -0.15) is 0 Å². The van der Waals surface area contributed by atoms with Gasteiger partial charge in [0.2, 0.25) is 5.91 Å². The van der Waals surface area contributed by atoms with Crippen molar-refractivity contribution in [1.29, 1.82) is 0 Å². The van der Waals surface area contributed by atoms with Crippen LogP contribution < -0.4 is 0 Å². The van der Waals surface area contributed by atoms with Gasteiger partial charge in [0.15, 0.2) is 0 Å². The third-order valence-corrected chi connectivity index (χ3v) is 2.66. The summed E-state index contributed by atoms with van der Waals surface area (Å²) in [6.45, 7) is 5.27. The molecule has 1 amide bonds. The minimum atomic E-state index is -0.920. The Hall–Kier alpha value is -1.06. The highest BCUT2D eigenvalue weighted by Crippen LogP contribution is 2.18. The highest BCUT2D eigenvalue weighted by molar-refractivity contribution is 5.82. The van der Waals surface area contributed by atoms with E-state index < -0.39 is 12.0 Å². The second-order valence-corrected chi connectivity index (χ2v) is 3.49. The van der Waals surface area contributed by atoms with Crippen molar-refractivity contribution in [3.63, 3.8) is 0 Å². The molecule has 0 rings (SSSR count). The molecule has 0 aromatic rings. The van der Waals surface area contributed by atoms with E-state index in [9.17, 15) is 9.59 Å². The number of hydrogen-bond donors (Lipinski definition) is 1. The van der Waals surface area contributed by atoms with Crippen molar-refractivity contribution < 1.29 is 14.7 Å². The van der Waals surface area contributed by atoms with Crippen LogP contribution in [0.1, 0.15) is 33.6 Å². The van der Waals surface area contributed by atoms with Crippen molar-refractivity contribution in [2.45, 2.75) is 39.7 Å². The summed E-state index contributed by atoms with van der Waals surface area (Å²) in [5.74, 6) is -1.10. The molecule has 0 aliphatic carbocycles. The van der Waals surface area contributed by atoms with E-state index in [1.807, 2.05) is 13.8 Å². The van der Waals surface area contributed by atoms with E-state index in [0.29, 0.717) is 0 Å². The zero-order valence-electron chi connectivity index (χ0n) is 9.28. The summed E-state index contributed by atoms with van der Waals surface area (Å²) in [7, 11) is 1.54. The summed E-state index contributed by atoms with van der Waals surface area (Å²) in [4.78, 5) is 23.4. The molecule has 1 atom stereocenters. The predicted octanol–water partition coefficient (Wildman–Crippen LogP) is 1.35. The quantitative estimate of drug-likeness (QED) is 0.730. The second kappa shape index (κ2) is 5.62. The largest absolute Gasteiger partial charge is 0.480 e. The Morgan fingerprint density at radius 2 is 1.71 bits per heavy atom. The lowest BCUT2D eigenvalue weighted by Crippen LogP contribution is -2.46. The fourth-order valence-corrected chi connectivity index (χ4v) is 1.61. The van der Waals surface area contributed by atoms with E-state index in [4.69, 9.17) is 5.11 Å². The summed E-state index contributed by atoms with van der Waals surface area (Å²) in [5.41, 5.74) is 0. The third-order valence-electron chi connectivity index (χ3n) is 2.66. The monoisotopic (exact) mass is 201 g/mol. The van der Waals surface area contributed by atoms with E-state index in [1.165, 1.54) is 11.8 Å². The van der Waals surface area contributed by atoms with E-state index in [2.05, 4.69) is 0 Å². The fourth-order valence-electron chi connectivity index (χ4n) is 1.61. The van der Waals surface area contributed by atoms with Gasteiger partial charge in [-0.15, -0.1) is 0 Å². The number of likely N-dealkylation sites (N-methyl/N-ethyl adjacent to an activating group) is 1. The predicted molar refractivity (Wildman–Crippen MR) is 53.9 cm³/mol. The maximum atomic E-state index is 11.1. The van der Waals surface area contributed by atoms with Crippen LogP contribution in [0.25, 0.3) is 0 Å². The Morgan fingerprint density at radius 3 is 1.93 bits per heavy atom. The zero-order valence-corrected chi connectivity index (χ0v) is 9.28. The molecule has 82 valence electrons. The van der Waals surface area contributed by atoms with Gasteiger partial charge >= 0.3 is 5.97 Å². The summed E-state index contributed by atoms with van der Waals surface area (Å²) >= 11 is 0. The summed E-state index contributed by atoms with van der Waals surface area (Å²) in [6, 6.07) is -0.692. The van der Waals surface area contributed by atoms with Crippen LogP contribution >= 0.6 is 0 Å². The summed E-state index contributed by atoms with van der Waals surface area (Å²) in [6.07, 6.45) is 1.54. The van der Waals surface area contributed by atoms with Gasteiger partial charge < -0.3 is 10.0 Å². The fraction of sp³-hybridized carbons (Fsp3) is 0.800. The zero-order chi connectivity index (χ0) is 11.3. The van der Waals surface area contributed by atoms with Crippen molar-refractivity contribution >= 4 is 11.9 Å². The van der Waals surface area contributed by atoms with Gasteiger partial charge in [-0.3, -0.25) is 4.79 Å². The third kappa shape index (κ3) is 3.01. The van der Waals surface area contributed by atoms with Crippen molar-refractivity contribution in [3.8, 4) is 0 Å². The highest BCUT2D eigenvalue weighted by atomic mass is 16.4. The van der Waals surface area contributed by atoms with Gasteiger partial charge in [-0.1, -0.05) is 26.7 Å². The molecule has 0 saturated heterocycles. The molecule has 0 radical (unpaired) electrons. The van der Waals surface area contributed by atoms with Crippen LogP contribution in [0.15, 0.2) is 0 Å². The number of carbonyl (C=O) groups excluding carboxylic acids is 1. The van der Waals surface area contributed by atoms with Crippen LogP contribution in [-0.2, 0) is 9.59 Å². The molecule has 0 aliphatic rings. The first-order valence-corrected chi connectivity index (χ1v) is 4.91. The standard InChI is InChI=1S/C10H19NO3/c1-5-8(6-2)9(10(13)14)11(4)7(3)12/h8-9H,5-6H2,1-4H3,(H,13,14). The van der Waals surface area contributed by atoms with E-state index in [-0.39, 0.29) is 11.8 Å². The minimum Gasteiger partial charge on any atom is -0.480 e. The molecule has 1 unspecified atom stereocenters. The lowest BCUT2D eigenvalue weighted by molar-refractivity contribution is -0.150. The maximum absolute atomic E-state index is 11.1. The molecule has 0 saturated carbocycles. The molecule has 14 heavy (non-hydrogen) atoms. The van der Waals surface area contributed by atoms with Gasteiger partial charge in [0.1, 0.15) is 6.04 Å². The molecule has 4 nitrogen and oxygen atoms in total. The Morgan fingerprint density at radius 1 is 1.29 bits per heavy atom.